The highest BCUT2D eigenvalue weighted by molar-refractivity contribution is 5.96. The van der Waals surface area contributed by atoms with Crippen molar-refractivity contribution in [1.82, 2.24) is 14.4 Å². The Morgan fingerprint density at radius 1 is 0.913 bits per heavy atom. The number of benzene rings is 1. The van der Waals surface area contributed by atoms with Crippen LogP contribution < -0.4 is 0 Å². The molecule has 1 aliphatic rings. The van der Waals surface area contributed by atoms with E-state index in [2.05, 4.69) is 45.8 Å². The maximum Gasteiger partial charge on any atom is 0.147 e. The van der Waals surface area contributed by atoms with Gasteiger partial charge in [0, 0.05) is 17.3 Å². The molecule has 0 aliphatic heterocycles. The first-order chi connectivity index (χ1) is 11.4. The quantitative estimate of drug-likeness (QED) is 0.490. The highest BCUT2D eigenvalue weighted by Gasteiger charge is 2.21. The summed E-state index contributed by atoms with van der Waals surface area (Å²) in [6, 6.07) is 14.9. The van der Waals surface area contributed by atoms with E-state index in [1.807, 2.05) is 12.3 Å². The van der Waals surface area contributed by atoms with Crippen molar-refractivity contribution in [3.63, 3.8) is 0 Å². The third kappa shape index (κ3) is 1.96. The van der Waals surface area contributed by atoms with Crippen LogP contribution in [0.15, 0.2) is 48.7 Å². The first-order valence-corrected chi connectivity index (χ1v) is 8.57. The van der Waals surface area contributed by atoms with Crippen LogP contribution in [0.3, 0.4) is 0 Å². The summed E-state index contributed by atoms with van der Waals surface area (Å²) < 4.78 is 2.38. The van der Waals surface area contributed by atoms with Crippen molar-refractivity contribution in [2.24, 2.45) is 0 Å². The molecule has 0 unspecified atom stereocenters. The van der Waals surface area contributed by atoms with Gasteiger partial charge in [-0.2, -0.15) is 0 Å². The molecule has 1 fully saturated rings. The van der Waals surface area contributed by atoms with Gasteiger partial charge < -0.3 is 0 Å². The number of aromatic nitrogens is 3. The summed E-state index contributed by atoms with van der Waals surface area (Å²) in [6.07, 6.45) is 8.47. The predicted molar refractivity (Wildman–Crippen MR) is 93.8 cm³/mol. The van der Waals surface area contributed by atoms with Crippen LogP contribution in [-0.2, 0) is 0 Å². The molecule has 0 spiro atoms. The van der Waals surface area contributed by atoms with Gasteiger partial charge in [0.2, 0.25) is 0 Å². The maximum atomic E-state index is 4.92. The summed E-state index contributed by atoms with van der Waals surface area (Å²) in [6.45, 7) is 0. The molecule has 3 nitrogen and oxygen atoms in total. The van der Waals surface area contributed by atoms with Crippen LogP contribution in [-0.4, -0.2) is 14.4 Å². The second-order valence-electron chi connectivity index (χ2n) is 6.60. The van der Waals surface area contributed by atoms with Gasteiger partial charge in [-0.3, -0.25) is 9.38 Å². The summed E-state index contributed by atoms with van der Waals surface area (Å²) >= 11 is 0. The fourth-order valence-corrected chi connectivity index (χ4v) is 4.09. The summed E-state index contributed by atoms with van der Waals surface area (Å²) in [5.41, 5.74) is 5.79. The highest BCUT2D eigenvalue weighted by Crippen LogP contribution is 2.36. The number of para-hydroxylation sites is 2. The topological polar surface area (TPSA) is 30.2 Å². The third-order valence-electron chi connectivity index (χ3n) is 5.21. The molecule has 5 rings (SSSR count). The molecule has 114 valence electrons. The number of hydrogen-bond acceptors (Lipinski definition) is 2. The van der Waals surface area contributed by atoms with Gasteiger partial charge in [0.25, 0.3) is 0 Å². The second-order valence-corrected chi connectivity index (χ2v) is 6.60. The number of rotatable bonds is 1. The minimum Gasteiger partial charge on any atom is -0.296 e. The van der Waals surface area contributed by atoms with Crippen LogP contribution in [0, 0.1) is 0 Å². The maximum absolute atomic E-state index is 4.92. The summed E-state index contributed by atoms with van der Waals surface area (Å²) in [7, 11) is 0. The molecule has 0 saturated heterocycles. The van der Waals surface area contributed by atoms with Gasteiger partial charge in [0.1, 0.15) is 5.65 Å². The van der Waals surface area contributed by atoms with Gasteiger partial charge in [-0.15, -0.1) is 0 Å². The Morgan fingerprint density at radius 3 is 2.70 bits per heavy atom. The molecule has 1 aliphatic carbocycles. The Hall–Kier alpha value is -2.42. The van der Waals surface area contributed by atoms with Crippen molar-refractivity contribution >= 4 is 27.6 Å². The molecule has 0 atom stereocenters. The standard InChI is InChI=1S/C20H19N3/c1-2-7-14(8-3-1)19-13-17-15(9-6-12-21-17)20-22-16-10-4-5-11-18(16)23(19)20/h4-6,9-14H,1-3,7-8H2. The summed E-state index contributed by atoms with van der Waals surface area (Å²) in [5, 5.41) is 1.14. The Kier molecular flexibility index (Phi) is 2.87. The average molecular weight is 301 g/mol. The first kappa shape index (κ1) is 13.1. The van der Waals surface area contributed by atoms with Crippen LogP contribution in [0.1, 0.15) is 43.7 Å². The van der Waals surface area contributed by atoms with Crippen molar-refractivity contribution < 1.29 is 0 Å². The van der Waals surface area contributed by atoms with Gasteiger partial charge in [-0.05, 0) is 49.1 Å². The van der Waals surface area contributed by atoms with Crippen LogP contribution in [0.25, 0.3) is 27.6 Å². The average Bonchev–Trinajstić information content (AvgIpc) is 3.02. The molecule has 0 amide bonds. The van der Waals surface area contributed by atoms with Crippen molar-refractivity contribution in [3.8, 4) is 0 Å². The number of pyridine rings is 2. The van der Waals surface area contributed by atoms with Gasteiger partial charge in [0.05, 0.1) is 16.6 Å². The molecular formula is C20H19N3. The van der Waals surface area contributed by atoms with Crippen LogP contribution in [0.5, 0.6) is 0 Å². The molecule has 3 heteroatoms. The first-order valence-electron chi connectivity index (χ1n) is 8.57. The Bertz CT molecular complexity index is 1010. The zero-order chi connectivity index (χ0) is 15.2. The lowest BCUT2D eigenvalue weighted by Gasteiger charge is -2.23. The number of hydrogen-bond donors (Lipinski definition) is 0. The van der Waals surface area contributed by atoms with Crippen LogP contribution >= 0.6 is 0 Å². The minimum atomic E-state index is 0.621. The predicted octanol–water partition coefficient (Wildman–Crippen LogP) is 5.08. The van der Waals surface area contributed by atoms with Gasteiger partial charge in [0.15, 0.2) is 0 Å². The third-order valence-corrected chi connectivity index (χ3v) is 5.21. The van der Waals surface area contributed by atoms with E-state index in [4.69, 9.17) is 4.98 Å². The normalized spacial score (nSPS) is 16.5. The molecule has 3 aromatic heterocycles. The van der Waals surface area contributed by atoms with E-state index in [-0.39, 0.29) is 0 Å². The van der Waals surface area contributed by atoms with E-state index in [1.165, 1.54) is 43.3 Å². The lowest BCUT2D eigenvalue weighted by atomic mass is 9.86. The van der Waals surface area contributed by atoms with Gasteiger partial charge >= 0.3 is 0 Å². The number of fused-ring (bicyclic) bond motifs is 5. The zero-order valence-corrected chi connectivity index (χ0v) is 13.1. The Labute approximate surface area is 135 Å². The summed E-state index contributed by atoms with van der Waals surface area (Å²) in [4.78, 5) is 9.53. The number of imidazole rings is 1. The molecule has 3 heterocycles. The van der Waals surface area contributed by atoms with E-state index >= 15 is 0 Å². The molecule has 4 aromatic rings. The molecule has 0 bridgehead atoms. The van der Waals surface area contributed by atoms with Gasteiger partial charge in [-0.1, -0.05) is 31.4 Å². The van der Waals surface area contributed by atoms with Gasteiger partial charge in [-0.25, -0.2) is 4.98 Å². The Balaban J connectivity index is 1.93. The van der Waals surface area contributed by atoms with E-state index in [0.717, 1.165) is 22.1 Å². The molecular weight excluding hydrogens is 282 g/mol. The molecule has 1 aromatic carbocycles. The molecule has 1 saturated carbocycles. The fourth-order valence-electron chi connectivity index (χ4n) is 4.09. The SMILES string of the molecule is c1ccc2c(c1)nc1c3cccnc3cc(C3CCCCC3)n21. The second kappa shape index (κ2) is 5.05. The Morgan fingerprint density at radius 2 is 1.78 bits per heavy atom. The van der Waals surface area contributed by atoms with Crippen molar-refractivity contribution in [3.05, 3.63) is 54.4 Å². The monoisotopic (exact) mass is 301 g/mol. The molecule has 0 N–H and O–H groups in total. The van der Waals surface area contributed by atoms with E-state index in [1.54, 1.807) is 0 Å². The highest BCUT2D eigenvalue weighted by atomic mass is 15.0. The van der Waals surface area contributed by atoms with E-state index in [0.29, 0.717) is 5.92 Å². The molecule has 0 radical (unpaired) electrons. The van der Waals surface area contributed by atoms with E-state index < -0.39 is 0 Å². The zero-order valence-electron chi connectivity index (χ0n) is 13.1. The lowest BCUT2D eigenvalue weighted by Crippen LogP contribution is -2.09. The van der Waals surface area contributed by atoms with E-state index in [9.17, 15) is 0 Å². The minimum absolute atomic E-state index is 0.621. The summed E-state index contributed by atoms with van der Waals surface area (Å²) in [5.74, 6) is 0.621. The van der Waals surface area contributed by atoms with Crippen LogP contribution in [0.2, 0.25) is 0 Å². The number of nitrogens with zero attached hydrogens (tertiary/aromatic N) is 3. The molecule has 23 heavy (non-hydrogen) atoms. The van der Waals surface area contributed by atoms with Crippen molar-refractivity contribution in [2.45, 2.75) is 38.0 Å². The smallest absolute Gasteiger partial charge is 0.147 e. The van der Waals surface area contributed by atoms with Crippen LogP contribution in [0.4, 0.5) is 0 Å². The lowest BCUT2D eigenvalue weighted by molar-refractivity contribution is 0.435. The van der Waals surface area contributed by atoms with Crippen molar-refractivity contribution in [2.75, 3.05) is 0 Å². The largest absolute Gasteiger partial charge is 0.296 e. The van der Waals surface area contributed by atoms with Crippen molar-refractivity contribution in [1.29, 1.82) is 0 Å². The fraction of sp³-hybridized carbons (Fsp3) is 0.300.